The van der Waals surface area contributed by atoms with Gasteiger partial charge in [0.15, 0.2) is 0 Å². The molecule has 0 aliphatic heterocycles. The van der Waals surface area contributed by atoms with Crippen molar-refractivity contribution in [3.8, 4) is 0 Å². The SMILES string of the molecule is CNC(=O)C(C)NCCc1cccnc1. The minimum atomic E-state index is -0.147. The van der Waals surface area contributed by atoms with Crippen LogP contribution in [0.15, 0.2) is 24.5 Å². The molecule has 1 atom stereocenters. The first kappa shape index (κ1) is 11.7. The van der Waals surface area contributed by atoms with E-state index in [4.69, 9.17) is 0 Å². The number of amides is 1. The summed E-state index contributed by atoms with van der Waals surface area (Å²) in [4.78, 5) is 15.2. The highest BCUT2D eigenvalue weighted by molar-refractivity contribution is 5.80. The van der Waals surface area contributed by atoms with Gasteiger partial charge in [-0.2, -0.15) is 0 Å². The molecule has 1 aromatic rings. The number of carbonyl (C=O) groups excluding carboxylic acids is 1. The van der Waals surface area contributed by atoms with Crippen molar-refractivity contribution in [3.05, 3.63) is 30.1 Å². The van der Waals surface area contributed by atoms with Crippen LogP contribution in [0.5, 0.6) is 0 Å². The third kappa shape index (κ3) is 4.08. The van der Waals surface area contributed by atoms with Gasteiger partial charge in [-0.1, -0.05) is 6.07 Å². The molecule has 4 nitrogen and oxygen atoms in total. The minimum absolute atomic E-state index is 0.0150. The first-order valence-corrected chi connectivity index (χ1v) is 5.08. The zero-order valence-electron chi connectivity index (χ0n) is 9.16. The highest BCUT2D eigenvalue weighted by Gasteiger charge is 2.08. The maximum atomic E-state index is 11.2. The summed E-state index contributed by atoms with van der Waals surface area (Å²) in [6, 6.07) is 3.79. The fraction of sp³-hybridized carbons (Fsp3) is 0.455. The second-order valence-corrected chi connectivity index (χ2v) is 3.40. The fourth-order valence-corrected chi connectivity index (χ4v) is 1.29. The van der Waals surface area contributed by atoms with Crippen molar-refractivity contribution < 1.29 is 4.79 Å². The van der Waals surface area contributed by atoms with Crippen LogP contribution in [-0.2, 0) is 11.2 Å². The Hall–Kier alpha value is -1.42. The highest BCUT2D eigenvalue weighted by atomic mass is 16.2. The van der Waals surface area contributed by atoms with Crippen LogP contribution in [-0.4, -0.2) is 30.5 Å². The van der Waals surface area contributed by atoms with Gasteiger partial charge in [0.05, 0.1) is 6.04 Å². The summed E-state index contributed by atoms with van der Waals surface area (Å²) >= 11 is 0. The van der Waals surface area contributed by atoms with Crippen LogP contribution in [0, 0.1) is 0 Å². The van der Waals surface area contributed by atoms with Crippen molar-refractivity contribution in [2.45, 2.75) is 19.4 Å². The normalized spacial score (nSPS) is 12.1. The number of aromatic nitrogens is 1. The van der Waals surface area contributed by atoms with Gasteiger partial charge in [-0.3, -0.25) is 9.78 Å². The van der Waals surface area contributed by atoms with Crippen molar-refractivity contribution in [2.24, 2.45) is 0 Å². The maximum absolute atomic E-state index is 11.2. The molecule has 1 heterocycles. The topological polar surface area (TPSA) is 54.0 Å². The zero-order chi connectivity index (χ0) is 11.1. The molecule has 0 aliphatic carbocycles. The minimum Gasteiger partial charge on any atom is -0.358 e. The van der Waals surface area contributed by atoms with E-state index < -0.39 is 0 Å². The van der Waals surface area contributed by atoms with Crippen LogP contribution in [0.1, 0.15) is 12.5 Å². The Morgan fingerprint density at radius 2 is 2.40 bits per heavy atom. The Morgan fingerprint density at radius 1 is 1.60 bits per heavy atom. The van der Waals surface area contributed by atoms with Crippen LogP contribution >= 0.6 is 0 Å². The smallest absolute Gasteiger partial charge is 0.236 e. The van der Waals surface area contributed by atoms with Crippen molar-refractivity contribution in [1.82, 2.24) is 15.6 Å². The summed E-state index contributed by atoms with van der Waals surface area (Å²) in [6.45, 7) is 2.63. The van der Waals surface area contributed by atoms with E-state index in [1.165, 1.54) is 5.56 Å². The number of likely N-dealkylation sites (N-methyl/N-ethyl adjacent to an activating group) is 1. The molecule has 0 spiro atoms. The second kappa shape index (κ2) is 6.14. The Bertz CT molecular complexity index is 300. The van der Waals surface area contributed by atoms with E-state index in [1.807, 2.05) is 25.3 Å². The zero-order valence-corrected chi connectivity index (χ0v) is 9.16. The Kier molecular flexibility index (Phi) is 4.77. The largest absolute Gasteiger partial charge is 0.358 e. The molecule has 2 N–H and O–H groups in total. The summed E-state index contributed by atoms with van der Waals surface area (Å²) in [5, 5.41) is 5.74. The van der Waals surface area contributed by atoms with E-state index in [2.05, 4.69) is 15.6 Å². The lowest BCUT2D eigenvalue weighted by atomic mass is 10.2. The van der Waals surface area contributed by atoms with Gasteiger partial charge in [0, 0.05) is 19.4 Å². The van der Waals surface area contributed by atoms with E-state index >= 15 is 0 Å². The lowest BCUT2D eigenvalue weighted by Crippen LogP contribution is -2.41. The molecule has 15 heavy (non-hydrogen) atoms. The fourth-order valence-electron chi connectivity index (χ4n) is 1.29. The summed E-state index contributed by atoms with van der Waals surface area (Å²) in [6.07, 6.45) is 4.48. The highest BCUT2D eigenvalue weighted by Crippen LogP contribution is 1.95. The van der Waals surface area contributed by atoms with Crippen molar-refractivity contribution in [2.75, 3.05) is 13.6 Å². The summed E-state index contributed by atoms with van der Waals surface area (Å²) < 4.78 is 0. The summed E-state index contributed by atoms with van der Waals surface area (Å²) in [5.41, 5.74) is 1.18. The monoisotopic (exact) mass is 207 g/mol. The quantitative estimate of drug-likeness (QED) is 0.732. The van der Waals surface area contributed by atoms with Gasteiger partial charge in [-0.05, 0) is 31.5 Å². The molecule has 1 rings (SSSR count). The van der Waals surface area contributed by atoms with Crippen molar-refractivity contribution in [3.63, 3.8) is 0 Å². The Balaban J connectivity index is 2.25. The lowest BCUT2D eigenvalue weighted by Gasteiger charge is -2.11. The van der Waals surface area contributed by atoms with E-state index in [0.717, 1.165) is 13.0 Å². The van der Waals surface area contributed by atoms with Gasteiger partial charge in [-0.15, -0.1) is 0 Å². The predicted molar refractivity (Wildman–Crippen MR) is 59.5 cm³/mol. The van der Waals surface area contributed by atoms with Crippen LogP contribution < -0.4 is 10.6 Å². The van der Waals surface area contributed by atoms with Gasteiger partial charge in [0.1, 0.15) is 0 Å². The number of hydrogen-bond acceptors (Lipinski definition) is 3. The van der Waals surface area contributed by atoms with Gasteiger partial charge < -0.3 is 10.6 Å². The molecule has 0 bridgehead atoms. The molecule has 0 aliphatic rings. The summed E-state index contributed by atoms with van der Waals surface area (Å²) in [5.74, 6) is 0.0150. The molecule has 82 valence electrons. The number of nitrogens with one attached hydrogen (secondary N) is 2. The number of rotatable bonds is 5. The maximum Gasteiger partial charge on any atom is 0.236 e. The van der Waals surface area contributed by atoms with E-state index in [9.17, 15) is 4.79 Å². The van der Waals surface area contributed by atoms with Crippen LogP contribution in [0.4, 0.5) is 0 Å². The third-order valence-electron chi connectivity index (χ3n) is 2.23. The number of pyridine rings is 1. The molecule has 1 amide bonds. The van der Waals surface area contributed by atoms with Gasteiger partial charge in [0.25, 0.3) is 0 Å². The first-order chi connectivity index (χ1) is 7.24. The predicted octanol–water partition coefficient (Wildman–Crippen LogP) is 0.348. The average Bonchev–Trinajstić information content (AvgIpc) is 2.29. The number of nitrogens with zero attached hydrogens (tertiary/aromatic N) is 1. The van der Waals surface area contributed by atoms with E-state index in [-0.39, 0.29) is 11.9 Å². The Labute approximate surface area is 90.1 Å². The van der Waals surface area contributed by atoms with Crippen molar-refractivity contribution in [1.29, 1.82) is 0 Å². The van der Waals surface area contributed by atoms with E-state index in [0.29, 0.717) is 0 Å². The third-order valence-corrected chi connectivity index (χ3v) is 2.23. The lowest BCUT2D eigenvalue weighted by molar-refractivity contribution is -0.122. The number of hydrogen-bond donors (Lipinski definition) is 2. The van der Waals surface area contributed by atoms with Crippen LogP contribution in [0.2, 0.25) is 0 Å². The molecule has 0 radical (unpaired) electrons. The van der Waals surface area contributed by atoms with Gasteiger partial charge >= 0.3 is 0 Å². The first-order valence-electron chi connectivity index (χ1n) is 5.08. The van der Waals surface area contributed by atoms with Crippen molar-refractivity contribution >= 4 is 5.91 Å². The Morgan fingerprint density at radius 3 is 3.00 bits per heavy atom. The van der Waals surface area contributed by atoms with Crippen LogP contribution in [0.3, 0.4) is 0 Å². The molecular weight excluding hydrogens is 190 g/mol. The standard InChI is InChI=1S/C11H17N3O/c1-9(11(15)12-2)14-7-5-10-4-3-6-13-8-10/h3-4,6,8-9,14H,5,7H2,1-2H3,(H,12,15). The van der Waals surface area contributed by atoms with Gasteiger partial charge in [-0.25, -0.2) is 0 Å². The number of carbonyl (C=O) groups is 1. The molecule has 0 fully saturated rings. The van der Waals surface area contributed by atoms with Crippen LogP contribution in [0.25, 0.3) is 0 Å². The second-order valence-electron chi connectivity index (χ2n) is 3.40. The molecule has 4 heteroatoms. The summed E-state index contributed by atoms with van der Waals surface area (Å²) in [7, 11) is 1.64. The molecule has 0 saturated carbocycles. The molecule has 1 aromatic heterocycles. The molecule has 0 aromatic carbocycles. The average molecular weight is 207 g/mol. The molecule has 1 unspecified atom stereocenters. The molecular formula is C11H17N3O. The van der Waals surface area contributed by atoms with Gasteiger partial charge in [0.2, 0.25) is 5.91 Å². The van der Waals surface area contributed by atoms with E-state index in [1.54, 1.807) is 13.2 Å². The molecule has 0 saturated heterocycles.